The molecule has 1 atom stereocenters. The number of benzene rings is 3. The van der Waals surface area contributed by atoms with Crippen LogP contribution in [0.2, 0.25) is 0 Å². The van der Waals surface area contributed by atoms with Gasteiger partial charge in [-0.2, -0.15) is 0 Å². The second-order valence-corrected chi connectivity index (χ2v) is 10.2. The SMILES string of the molecule is Cc1cc(C)c2[nH]c(=O)c([C@@H](c3nnnn3Cc3ccccc3)N3CCN(c4ccc(F)cc4)CC3)cc2c1. The molecule has 0 unspecified atom stereocenters. The number of piperazine rings is 1. The smallest absolute Gasteiger partial charge is 0.253 e. The molecular formula is C30H30FN7O. The third kappa shape index (κ3) is 5.05. The number of pyridine rings is 1. The Balaban J connectivity index is 1.40. The summed E-state index contributed by atoms with van der Waals surface area (Å²) in [5.41, 5.74) is 5.55. The minimum Gasteiger partial charge on any atom is -0.369 e. The Bertz CT molecular complexity index is 1660. The van der Waals surface area contributed by atoms with Gasteiger partial charge in [-0.05, 0) is 77.2 Å². The first-order valence-corrected chi connectivity index (χ1v) is 13.1. The van der Waals surface area contributed by atoms with Gasteiger partial charge in [0, 0.05) is 37.4 Å². The summed E-state index contributed by atoms with van der Waals surface area (Å²) < 4.78 is 15.3. The van der Waals surface area contributed by atoms with E-state index in [1.165, 1.54) is 12.1 Å². The van der Waals surface area contributed by atoms with Crippen LogP contribution in [0.15, 0.2) is 77.6 Å². The molecule has 5 aromatic rings. The molecule has 0 radical (unpaired) electrons. The quantitative estimate of drug-likeness (QED) is 0.359. The van der Waals surface area contributed by atoms with Gasteiger partial charge in [0.25, 0.3) is 5.56 Å². The summed E-state index contributed by atoms with van der Waals surface area (Å²) in [4.78, 5) is 21.3. The van der Waals surface area contributed by atoms with Gasteiger partial charge >= 0.3 is 0 Å². The highest BCUT2D eigenvalue weighted by molar-refractivity contribution is 5.83. The van der Waals surface area contributed by atoms with Gasteiger partial charge in [0.1, 0.15) is 11.9 Å². The Labute approximate surface area is 225 Å². The van der Waals surface area contributed by atoms with E-state index in [-0.39, 0.29) is 11.4 Å². The highest BCUT2D eigenvalue weighted by Gasteiger charge is 2.33. The van der Waals surface area contributed by atoms with Crippen LogP contribution >= 0.6 is 0 Å². The Hall–Kier alpha value is -4.37. The summed E-state index contributed by atoms with van der Waals surface area (Å²) in [6, 6.07) is 22.3. The lowest BCUT2D eigenvalue weighted by Crippen LogP contribution is -2.49. The van der Waals surface area contributed by atoms with E-state index >= 15 is 0 Å². The summed E-state index contributed by atoms with van der Waals surface area (Å²) in [6.07, 6.45) is 0. The lowest BCUT2D eigenvalue weighted by Gasteiger charge is -2.39. The lowest BCUT2D eigenvalue weighted by atomic mass is 10.00. The van der Waals surface area contributed by atoms with E-state index in [0.717, 1.165) is 46.4 Å². The summed E-state index contributed by atoms with van der Waals surface area (Å²) >= 11 is 0. The second-order valence-electron chi connectivity index (χ2n) is 10.2. The Kier molecular flexibility index (Phi) is 6.66. The predicted molar refractivity (Wildman–Crippen MR) is 149 cm³/mol. The van der Waals surface area contributed by atoms with Crippen LogP contribution in [0.5, 0.6) is 0 Å². The first kappa shape index (κ1) is 24.9. The molecule has 3 heterocycles. The fraction of sp³-hybridized carbons (Fsp3) is 0.267. The van der Waals surface area contributed by atoms with E-state index in [1.54, 1.807) is 4.68 Å². The van der Waals surface area contributed by atoms with Crippen LogP contribution in [-0.4, -0.2) is 56.3 Å². The molecule has 1 N–H and O–H groups in total. The van der Waals surface area contributed by atoms with Crippen molar-refractivity contribution in [3.63, 3.8) is 0 Å². The van der Waals surface area contributed by atoms with Crippen molar-refractivity contribution >= 4 is 16.6 Å². The highest BCUT2D eigenvalue weighted by Crippen LogP contribution is 2.30. The Morgan fingerprint density at radius 3 is 2.44 bits per heavy atom. The molecule has 1 aliphatic heterocycles. The number of halogens is 1. The number of aromatic nitrogens is 5. The molecule has 1 saturated heterocycles. The van der Waals surface area contributed by atoms with E-state index in [2.05, 4.69) is 49.4 Å². The zero-order chi connectivity index (χ0) is 26.9. The molecule has 1 fully saturated rings. The van der Waals surface area contributed by atoms with Crippen molar-refractivity contribution in [1.29, 1.82) is 0 Å². The first-order chi connectivity index (χ1) is 19.0. The maximum absolute atomic E-state index is 13.6. The average Bonchev–Trinajstić information content (AvgIpc) is 3.38. The van der Waals surface area contributed by atoms with Gasteiger partial charge in [-0.25, -0.2) is 9.07 Å². The largest absolute Gasteiger partial charge is 0.369 e. The topological polar surface area (TPSA) is 82.9 Å². The van der Waals surface area contributed by atoms with E-state index in [1.807, 2.05) is 55.5 Å². The number of tetrazole rings is 1. The molecule has 9 heteroatoms. The maximum Gasteiger partial charge on any atom is 0.253 e. The number of H-pyrrole nitrogens is 1. The number of nitrogens with one attached hydrogen (secondary N) is 1. The average molecular weight is 524 g/mol. The fourth-order valence-corrected chi connectivity index (χ4v) is 5.57. The number of fused-ring (bicyclic) bond motifs is 1. The van der Waals surface area contributed by atoms with Crippen LogP contribution in [0, 0.1) is 19.7 Å². The van der Waals surface area contributed by atoms with Crippen molar-refractivity contribution in [2.45, 2.75) is 26.4 Å². The normalized spacial score (nSPS) is 15.1. The molecule has 0 spiro atoms. The zero-order valence-corrected chi connectivity index (χ0v) is 22.0. The molecule has 2 aromatic heterocycles. The molecule has 0 saturated carbocycles. The molecule has 3 aromatic carbocycles. The standard InChI is InChI=1S/C30H30FN7O/c1-20-16-21(2)27-23(17-20)18-26(30(39)32-27)28(29-33-34-35-38(29)19-22-6-4-3-5-7-22)37-14-12-36(13-15-37)25-10-8-24(31)9-11-25/h3-11,16-18,28H,12-15,19H2,1-2H3,(H,32,39)/t28-/m0/s1. The summed E-state index contributed by atoms with van der Waals surface area (Å²) in [5.74, 6) is 0.381. The van der Waals surface area contributed by atoms with E-state index in [0.29, 0.717) is 31.0 Å². The molecule has 8 nitrogen and oxygen atoms in total. The van der Waals surface area contributed by atoms with E-state index < -0.39 is 6.04 Å². The number of aryl methyl sites for hydroxylation is 2. The minimum atomic E-state index is -0.437. The van der Waals surface area contributed by atoms with Gasteiger partial charge < -0.3 is 9.88 Å². The van der Waals surface area contributed by atoms with Gasteiger partial charge in [-0.3, -0.25) is 9.69 Å². The molecule has 0 aliphatic carbocycles. The zero-order valence-electron chi connectivity index (χ0n) is 22.0. The van der Waals surface area contributed by atoms with Crippen LogP contribution in [0.3, 0.4) is 0 Å². The van der Waals surface area contributed by atoms with Crippen LogP contribution in [0.25, 0.3) is 10.9 Å². The number of hydrogen-bond acceptors (Lipinski definition) is 6. The maximum atomic E-state index is 13.6. The molecule has 6 rings (SSSR count). The van der Waals surface area contributed by atoms with Crippen molar-refractivity contribution in [2.24, 2.45) is 0 Å². The summed E-state index contributed by atoms with van der Waals surface area (Å²) in [6.45, 7) is 7.40. The van der Waals surface area contributed by atoms with Crippen LogP contribution < -0.4 is 10.5 Å². The Morgan fingerprint density at radius 2 is 1.69 bits per heavy atom. The van der Waals surface area contributed by atoms with Crippen molar-refractivity contribution in [3.8, 4) is 0 Å². The number of hydrogen-bond donors (Lipinski definition) is 1. The predicted octanol–water partition coefficient (Wildman–Crippen LogP) is 4.23. The molecule has 1 aliphatic rings. The number of anilines is 1. The van der Waals surface area contributed by atoms with Gasteiger partial charge in [0.2, 0.25) is 0 Å². The Morgan fingerprint density at radius 1 is 0.949 bits per heavy atom. The summed E-state index contributed by atoms with van der Waals surface area (Å²) in [5, 5.41) is 13.8. The number of aromatic amines is 1. The third-order valence-corrected chi connectivity index (χ3v) is 7.47. The van der Waals surface area contributed by atoms with Crippen molar-refractivity contribution < 1.29 is 4.39 Å². The summed E-state index contributed by atoms with van der Waals surface area (Å²) in [7, 11) is 0. The van der Waals surface area contributed by atoms with E-state index in [9.17, 15) is 9.18 Å². The third-order valence-electron chi connectivity index (χ3n) is 7.47. The van der Waals surface area contributed by atoms with Crippen molar-refractivity contribution in [1.82, 2.24) is 30.1 Å². The fourth-order valence-electron chi connectivity index (χ4n) is 5.57. The molecular weight excluding hydrogens is 493 g/mol. The number of nitrogens with zero attached hydrogens (tertiary/aromatic N) is 6. The van der Waals surface area contributed by atoms with Crippen molar-refractivity contribution in [3.05, 3.63) is 117 Å². The monoisotopic (exact) mass is 523 g/mol. The van der Waals surface area contributed by atoms with Crippen molar-refractivity contribution in [2.75, 3.05) is 31.1 Å². The second kappa shape index (κ2) is 10.4. The van der Waals surface area contributed by atoms with Crippen LogP contribution in [0.1, 0.15) is 34.1 Å². The molecule has 0 bridgehead atoms. The molecule has 198 valence electrons. The highest BCUT2D eigenvalue weighted by atomic mass is 19.1. The van der Waals surface area contributed by atoms with Crippen LogP contribution in [-0.2, 0) is 6.54 Å². The minimum absolute atomic E-state index is 0.144. The van der Waals surface area contributed by atoms with E-state index in [4.69, 9.17) is 0 Å². The molecule has 39 heavy (non-hydrogen) atoms. The van der Waals surface area contributed by atoms with Gasteiger partial charge in [0.05, 0.1) is 12.1 Å². The lowest BCUT2D eigenvalue weighted by molar-refractivity contribution is 0.200. The van der Waals surface area contributed by atoms with Gasteiger partial charge in [-0.1, -0.05) is 42.0 Å². The molecule has 0 amide bonds. The van der Waals surface area contributed by atoms with Crippen LogP contribution in [0.4, 0.5) is 10.1 Å². The van der Waals surface area contributed by atoms with Gasteiger partial charge in [0.15, 0.2) is 5.82 Å². The number of rotatable bonds is 6. The first-order valence-electron chi connectivity index (χ1n) is 13.1. The van der Waals surface area contributed by atoms with Gasteiger partial charge in [-0.15, -0.1) is 5.10 Å².